The summed E-state index contributed by atoms with van der Waals surface area (Å²) >= 11 is 0. The van der Waals surface area contributed by atoms with E-state index in [4.69, 9.17) is 5.73 Å². The van der Waals surface area contributed by atoms with Crippen LogP contribution in [0.5, 0.6) is 0 Å². The Morgan fingerprint density at radius 1 is 1.08 bits per heavy atom. The van der Waals surface area contributed by atoms with Crippen LogP contribution in [0.15, 0.2) is 30.3 Å². The van der Waals surface area contributed by atoms with Crippen LogP contribution in [0.3, 0.4) is 0 Å². The molecule has 3 N–H and O–H groups in total. The highest BCUT2D eigenvalue weighted by Gasteiger charge is 2.27. The standard InChI is InChI=1S/C20H31N3O.2ClH/c21-19-8-4-7-17(19)15-20(24)22-18-10-13-23(14-11-18)12-9-16-5-2-1-3-6-16;;/h1-3,5-6,17-19H,4,7-15,21H2,(H,22,24);2*1H/t17-,19+;;/m0../s1. The fraction of sp³-hybridized carbons (Fsp3) is 0.650. The maximum Gasteiger partial charge on any atom is 0.220 e. The Bertz CT molecular complexity index is 521. The molecule has 1 amide bonds. The van der Waals surface area contributed by atoms with Gasteiger partial charge in [-0.3, -0.25) is 4.79 Å². The third-order valence-corrected chi connectivity index (χ3v) is 5.68. The van der Waals surface area contributed by atoms with E-state index in [0.29, 0.717) is 18.4 Å². The normalized spacial score (nSPS) is 23.7. The van der Waals surface area contributed by atoms with Crippen molar-refractivity contribution in [3.8, 4) is 0 Å². The van der Waals surface area contributed by atoms with Crippen LogP contribution in [-0.4, -0.2) is 42.5 Å². The molecule has 2 aliphatic rings. The van der Waals surface area contributed by atoms with E-state index in [2.05, 4.69) is 40.5 Å². The Kier molecular flexibility index (Phi) is 10.6. The van der Waals surface area contributed by atoms with Crippen LogP contribution in [0.25, 0.3) is 0 Å². The van der Waals surface area contributed by atoms with Gasteiger partial charge in [-0.05, 0) is 43.6 Å². The third kappa shape index (κ3) is 7.07. The summed E-state index contributed by atoms with van der Waals surface area (Å²) in [4.78, 5) is 14.7. The van der Waals surface area contributed by atoms with E-state index in [1.54, 1.807) is 0 Å². The van der Waals surface area contributed by atoms with Crippen molar-refractivity contribution in [1.82, 2.24) is 10.2 Å². The second kappa shape index (κ2) is 11.8. The molecule has 0 radical (unpaired) electrons. The van der Waals surface area contributed by atoms with E-state index in [1.807, 2.05) is 0 Å². The molecular weight excluding hydrogens is 369 g/mol. The zero-order valence-corrected chi connectivity index (χ0v) is 17.1. The van der Waals surface area contributed by atoms with Gasteiger partial charge in [-0.1, -0.05) is 36.8 Å². The summed E-state index contributed by atoms with van der Waals surface area (Å²) in [6.45, 7) is 3.28. The quantitative estimate of drug-likeness (QED) is 0.769. The number of nitrogens with one attached hydrogen (secondary N) is 1. The summed E-state index contributed by atoms with van der Waals surface area (Å²) in [7, 11) is 0. The van der Waals surface area contributed by atoms with Crippen molar-refractivity contribution in [2.75, 3.05) is 19.6 Å². The first-order chi connectivity index (χ1) is 11.7. The smallest absolute Gasteiger partial charge is 0.220 e. The number of nitrogens with zero attached hydrogens (tertiary/aromatic N) is 1. The van der Waals surface area contributed by atoms with Crippen molar-refractivity contribution in [3.05, 3.63) is 35.9 Å². The molecule has 0 unspecified atom stereocenters. The van der Waals surface area contributed by atoms with Crippen molar-refractivity contribution in [2.24, 2.45) is 11.7 Å². The first-order valence-electron chi connectivity index (χ1n) is 9.52. The molecule has 1 saturated heterocycles. The number of hydrogen-bond acceptors (Lipinski definition) is 3. The van der Waals surface area contributed by atoms with Gasteiger partial charge in [-0.15, -0.1) is 24.8 Å². The predicted molar refractivity (Wildman–Crippen MR) is 112 cm³/mol. The van der Waals surface area contributed by atoms with Crippen LogP contribution in [-0.2, 0) is 11.2 Å². The van der Waals surface area contributed by atoms with Gasteiger partial charge in [-0.2, -0.15) is 0 Å². The number of benzene rings is 1. The molecule has 1 aromatic rings. The molecule has 6 heteroatoms. The van der Waals surface area contributed by atoms with Crippen molar-refractivity contribution in [3.63, 3.8) is 0 Å². The highest BCUT2D eigenvalue weighted by molar-refractivity contribution is 5.85. The second-order valence-corrected chi connectivity index (χ2v) is 7.48. The number of rotatable bonds is 6. The lowest BCUT2D eigenvalue weighted by Crippen LogP contribution is -2.45. The van der Waals surface area contributed by atoms with Gasteiger partial charge in [-0.25, -0.2) is 0 Å². The molecule has 4 nitrogen and oxygen atoms in total. The number of likely N-dealkylation sites (tertiary alicyclic amines) is 1. The minimum Gasteiger partial charge on any atom is -0.353 e. The fourth-order valence-corrected chi connectivity index (χ4v) is 4.08. The molecule has 1 heterocycles. The number of carbonyl (C=O) groups excluding carboxylic acids is 1. The minimum atomic E-state index is 0. The molecule has 1 aliphatic carbocycles. The van der Waals surface area contributed by atoms with E-state index in [1.165, 1.54) is 12.0 Å². The van der Waals surface area contributed by atoms with Gasteiger partial charge in [0.1, 0.15) is 0 Å². The number of hydrogen-bond donors (Lipinski definition) is 2. The molecule has 1 saturated carbocycles. The van der Waals surface area contributed by atoms with E-state index >= 15 is 0 Å². The molecule has 0 aromatic heterocycles. The first-order valence-corrected chi connectivity index (χ1v) is 9.52. The van der Waals surface area contributed by atoms with Crippen LogP contribution in [0.2, 0.25) is 0 Å². The fourth-order valence-electron chi connectivity index (χ4n) is 4.08. The molecule has 3 rings (SSSR count). The topological polar surface area (TPSA) is 58.4 Å². The summed E-state index contributed by atoms with van der Waals surface area (Å²) in [6, 6.07) is 11.2. The van der Waals surface area contributed by atoms with Gasteiger partial charge in [0, 0.05) is 38.1 Å². The van der Waals surface area contributed by atoms with Crippen LogP contribution >= 0.6 is 24.8 Å². The molecule has 1 aromatic carbocycles. The SMILES string of the molecule is Cl.Cl.N[C@@H]1CCC[C@H]1CC(=O)NC1CCN(CCc2ccccc2)CC1. The molecule has 0 spiro atoms. The Morgan fingerprint density at radius 2 is 1.77 bits per heavy atom. The maximum atomic E-state index is 12.2. The summed E-state index contributed by atoms with van der Waals surface area (Å²) < 4.78 is 0. The van der Waals surface area contributed by atoms with Crippen molar-refractivity contribution in [1.29, 1.82) is 0 Å². The Hall–Kier alpha value is -0.810. The second-order valence-electron chi connectivity index (χ2n) is 7.48. The van der Waals surface area contributed by atoms with E-state index < -0.39 is 0 Å². The lowest BCUT2D eigenvalue weighted by atomic mass is 9.98. The largest absolute Gasteiger partial charge is 0.353 e. The van der Waals surface area contributed by atoms with Crippen LogP contribution in [0.4, 0.5) is 0 Å². The number of nitrogens with two attached hydrogens (primary N) is 1. The minimum absolute atomic E-state index is 0. The molecule has 26 heavy (non-hydrogen) atoms. The van der Waals surface area contributed by atoms with Crippen molar-refractivity contribution >= 4 is 30.7 Å². The van der Waals surface area contributed by atoms with E-state index in [0.717, 1.165) is 51.7 Å². The number of piperidine rings is 1. The van der Waals surface area contributed by atoms with Crippen molar-refractivity contribution in [2.45, 2.75) is 57.0 Å². The number of amides is 1. The summed E-state index contributed by atoms with van der Waals surface area (Å²) in [5.41, 5.74) is 7.48. The Labute approximate surface area is 170 Å². The lowest BCUT2D eigenvalue weighted by Gasteiger charge is -2.32. The molecular formula is C20H33Cl2N3O. The average molecular weight is 402 g/mol. The average Bonchev–Trinajstić information content (AvgIpc) is 3.00. The molecule has 148 valence electrons. The highest BCUT2D eigenvalue weighted by Crippen LogP contribution is 2.26. The van der Waals surface area contributed by atoms with E-state index in [9.17, 15) is 4.79 Å². The summed E-state index contributed by atoms with van der Waals surface area (Å²) in [6.07, 6.45) is 7.24. The Balaban J connectivity index is 0.00000169. The van der Waals surface area contributed by atoms with Gasteiger partial charge >= 0.3 is 0 Å². The Morgan fingerprint density at radius 3 is 2.38 bits per heavy atom. The zero-order valence-electron chi connectivity index (χ0n) is 15.4. The maximum absolute atomic E-state index is 12.2. The lowest BCUT2D eigenvalue weighted by molar-refractivity contribution is -0.123. The zero-order chi connectivity index (χ0) is 16.8. The first kappa shape index (κ1) is 23.2. The summed E-state index contributed by atoms with van der Waals surface area (Å²) in [5, 5.41) is 3.24. The van der Waals surface area contributed by atoms with Gasteiger partial charge in [0.25, 0.3) is 0 Å². The van der Waals surface area contributed by atoms with Gasteiger partial charge in [0.05, 0.1) is 0 Å². The van der Waals surface area contributed by atoms with Gasteiger partial charge < -0.3 is 16.0 Å². The van der Waals surface area contributed by atoms with Crippen LogP contribution in [0.1, 0.15) is 44.1 Å². The molecule has 0 bridgehead atoms. The summed E-state index contributed by atoms with van der Waals surface area (Å²) in [5.74, 6) is 0.607. The van der Waals surface area contributed by atoms with Crippen LogP contribution in [0, 0.1) is 5.92 Å². The molecule has 2 atom stereocenters. The molecule has 1 aliphatic heterocycles. The molecule has 2 fully saturated rings. The van der Waals surface area contributed by atoms with Crippen LogP contribution < -0.4 is 11.1 Å². The van der Waals surface area contributed by atoms with E-state index in [-0.39, 0.29) is 36.8 Å². The number of carbonyl (C=O) groups is 1. The van der Waals surface area contributed by atoms with Gasteiger partial charge in [0.15, 0.2) is 0 Å². The third-order valence-electron chi connectivity index (χ3n) is 5.68. The van der Waals surface area contributed by atoms with Gasteiger partial charge in [0.2, 0.25) is 5.91 Å². The predicted octanol–water partition coefficient (Wildman–Crippen LogP) is 3.17. The monoisotopic (exact) mass is 401 g/mol. The highest BCUT2D eigenvalue weighted by atomic mass is 35.5. The number of halogens is 2. The van der Waals surface area contributed by atoms with Crippen molar-refractivity contribution < 1.29 is 4.79 Å².